The fourth-order valence-corrected chi connectivity index (χ4v) is 1.05. The maximum absolute atomic E-state index is 11.3. The number of amides is 1. The molecule has 0 aliphatic rings. The van der Waals surface area contributed by atoms with E-state index in [-0.39, 0.29) is 0 Å². The second kappa shape index (κ2) is 7.50. The summed E-state index contributed by atoms with van der Waals surface area (Å²) in [5.74, 6) is -1.04. The average molecular weight is 200 g/mol. The van der Waals surface area contributed by atoms with Gasteiger partial charge in [-0.2, -0.15) is 0 Å². The lowest BCUT2D eigenvalue weighted by atomic mass is 10.1. The van der Waals surface area contributed by atoms with Gasteiger partial charge in [0.2, 0.25) is 5.78 Å². The first-order valence-corrected chi connectivity index (χ1v) is 5.21. The van der Waals surface area contributed by atoms with Crippen LogP contribution in [0.15, 0.2) is 0 Å². The smallest absolute Gasteiger partial charge is 0.289 e. The predicted molar refractivity (Wildman–Crippen MR) is 55.8 cm³/mol. The Balaban J connectivity index is 3.85. The van der Waals surface area contributed by atoms with Gasteiger partial charge < -0.3 is 11.1 Å². The number of ketones is 1. The van der Waals surface area contributed by atoms with E-state index in [1.165, 1.54) is 0 Å². The van der Waals surface area contributed by atoms with Crippen LogP contribution in [-0.4, -0.2) is 24.3 Å². The number of unbranched alkanes of at least 4 members (excludes halogenated alkanes) is 1. The van der Waals surface area contributed by atoms with Crippen LogP contribution in [0.3, 0.4) is 0 Å². The maximum Gasteiger partial charge on any atom is 0.289 e. The third-order valence-corrected chi connectivity index (χ3v) is 1.96. The van der Waals surface area contributed by atoms with Crippen LogP contribution in [0.4, 0.5) is 0 Å². The molecule has 4 heteroatoms. The lowest BCUT2D eigenvalue weighted by Gasteiger charge is -2.09. The summed E-state index contributed by atoms with van der Waals surface area (Å²) in [6, 6.07) is -0.633. The molecule has 0 spiro atoms. The van der Waals surface area contributed by atoms with Gasteiger partial charge in [-0.05, 0) is 12.8 Å². The number of hydrogen-bond acceptors (Lipinski definition) is 3. The molecule has 0 aliphatic heterocycles. The fourth-order valence-electron chi connectivity index (χ4n) is 1.05. The summed E-state index contributed by atoms with van der Waals surface area (Å²) in [7, 11) is 0. The Morgan fingerprint density at radius 2 is 1.93 bits per heavy atom. The van der Waals surface area contributed by atoms with Gasteiger partial charge in [0.1, 0.15) is 0 Å². The molecule has 82 valence electrons. The average Bonchev–Trinajstić information content (AvgIpc) is 2.21. The molecule has 3 N–H and O–H groups in total. The van der Waals surface area contributed by atoms with Crippen LogP contribution in [0.25, 0.3) is 0 Å². The topological polar surface area (TPSA) is 72.2 Å². The van der Waals surface area contributed by atoms with E-state index in [0.29, 0.717) is 13.0 Å². The summed E-state index contributed by atoms with van der Waals surface area (Å²) in [6.07, 6.45) is 3.28. The van der Waals surface area contributed by atoms with Gasteiger partial charge in [-0.15, -0.1) is 0 Å². The Labute approximate surface area is 85.2 Å². The Hall–Kier alpha value is -0.900. The Kier molecular flexibility index (Phi) is 7.02. The lowest BCUT2D eigenvalue weighted by Crippen LogP contribution is -2.42. The van der Waals surface area contributed by atoms with Gasteiger partial charge in [-0.25, -0.2) is 0 Å². The van der Waals surface area contributed by atoms with E-state index in [9.17, 15) is 9.59 Å². The minimum atomic E-state index is -0.633. The minimum Gasteiger partial charge on any atom is -0.349 e. The van der Waals surface area contributed by atoms with Crippen molar-refractivity contribution in [1.82, 2.24) is 5.32 Å². The van der Waals surface area contributed by atoms with E-state index < -0.39 is 17.7 Å². The third kappa shape index (κ3) is 4.97. The van der Waals surface area contributed by atoms with Crippen LogP contribution >= 0.6 is 0 Å². The number of carbonyl (C=O) groups excluding carboxylic acids is 2. The fraction of sp³-hybridized carbons (Fsp3) is 0.800. The van der Waals surface area contributed by atoms with Crippen LogP contribution in [0.1, 0.15) is 39.5 Å². The molecule has 0 aromatic heterocycles. The zero-order valence-electron chi connectivity index (χ0n) is 9.01. The third-order valence-electron chi connectivity index (χ3n) is 1.96. The zero-order valence-corrected chi connectivity index (χ0v) is 9.01. The van der Waals surface area contributed by atoms with Crippen LogP contribution in [0.2, 0.25) is 0 Å². The molecule has 1 amide bonds. The van der Waals surface area contributed by atoms with Gasteiger partial charge >= 0.3 is 0 Å². The van der Waals surface area contributed by atoms with Gasteiger partial charge in [0, 0.05) is 6.54 Å². The van der Waals surface area contributed by atoms with Crippen molar-refractivity contribution in [3.63, 3.8) is 0 Å². The largest absolute Gasteiger partial charge is 0.349 e. The molecule has 0 aliphatic carbocycles. The molecule has 0 saturated heterocycles. The molecule has 4 nitrogen and oxygen atoms in total. The van der Waals surface area contributed by atoms with Gasteiger partial charge in [0.25, 0.3) is 5.91 Å². The molecule has 0 saturated carbocycles. The molecule has 0 bridgehead atoms. The van der Waals surface area contributed by atoms with Crippen molar-refractivity contribution in [1.29, 1.82) is 0 Å². The summed E-state index contributed by atoms with van der Waals surface area (Å²) in [5, 5.41) is 2.52. The van der Waals surface area contributed by atoms with Crippen molar-refractivity contribution in [3.8, 4) is 0 Å². The van der Waals surface area contributed by atoms with E-state index in [2.05, 4.69) is 5.32 Å². The number of Topliss-reactive ketones (excluding diaryl/α,β-unsaturated/α-hetero) is 1. The number of rotatable bonds is 7. The van der Waals surface area contributed by atoms with Gasteiger partial charge in [0.05, 0.1) is 6.04 Å². The van der Waals surface area contributed by atoms with E-state index >= 15 is 0 Å². The molecule has 0 rings (SSSR count). The molecular weight excluding hydrogens is 180 g/mol. The predicted octanol–water partition coefficient (Wildman–Crippen LogP) is 0.599. The van der Waals surface area contributed by atoms with E-state index in [4.69, 9.17) is 5.73 Å². The van der Waals surface area contributed by atoms with Crippen molar-refractivity contribution in [3.05, 3.63) is 0 Å². The van der Waals surface area contributed by atoms with Gasteiger partial charge in [-0.1, -0.05) is 26.7 Å². The lowest BCUT2D eigenvalue weighted by molar-refractivity contribution is -0.138. The number of nitrogens with one attached hydrogen (secondary N) is 1. The van der Waals surface area contributed by atoms with Crippen molar-refractivity contribution in [2.45, 2.75) is 45.6 Å². The summed E-state index contributed by atoms with van der Waals surface area (Å²) in [5.41, 5.74) is 5.57. The van der Waals surface area contributed by atoms with Crippen LogP contribution in [-0.2, 0) is 9.59 Å². The normalized spacial score (nSPS) is 12.2. The molecule has 14 heavy (non-hydrogen) atoms. The molecule has 0 aromatic rings. The number of nitrogens with two attached hydrogens (primary N) is 1. The maximum atomic E-state index is 11.3. The second-order valence-corrected chi connectivity index (χ2v) is 3.37. The van der Waals surface area contributed by atoms with E-state index in [1.54, 1.807) is 0 Å². The molecule has 0 fully saturated rings. The molecular formula is C10H20N2O2. The van der Waals surface area contributed by atoms with Gasteiger partial charge in [-0.3, -0.25) is 9.59 Å². The Morgan fingerprint density at radius 1 is 1.29 bits per heavy atom. The first kappa shape index (κ1) is 13.1. The first-order valence-electron chi connectivity index (χ1n) is 5.21. The van der Waals surface area contributed by atoms with Crippen LogP contribution in [0, 0.1) is 0 Å². The minimum absolute atomic E-state index is 0.494. The summed E-state index contributed by atoms with van der Waals surface area (Å²) < 4.78 is 0. The zero-order chi connectivity index (χ0) is 11.0. The number of carbonyl (C=O) groups is 2. The highest BCUT2D eigenvalue weighted by molar-refractivity contribution is 6.38. The van der Waals surface area contributed by atoms with Crippen molar-refractivity contribution in [2.24, 2.45) is 5.73 Å². The highest BCUT2D eigenvalue weighted by Gasteiger charge is 2.20. The van der Waals surface area contributed by atoms with Crippen LogP contribution in [0.5, 0.6) is 0 Å². The summed E-state index contributed by atoms with van der Waals surface area (Å²) in [4.78, 5) is 22.5. The highest BCUT2D eigenvalue weighted by atomic mass is 16.2. The summed E-state index contributed by atoms with van der Waals surface area (Å²) >= 11 is 0. The number of hydrogen-bond donors (Lipinski definition) is 2. The van der Waals surface area contributed by atoms with E-state index in [1.807, 2.05) is 13.8 Å². The standard InChI is InChI=1S/C10H20N2O2/c1-3-5-6-8(11)9(13)10(14)12-7-4-2/h8H,3-7,11H2,1-2H3,(H,12,14)/t8-/m1/s1. The van der Waals surface area contributed by atoms with Crippen molar-refractivity contribution >= 4 is 11.7 Å². The Bertz CT molecular complexity index is 193. The first-order chi connectivity index (χ1) is 6.63. The highest BCUT2D eigenvalue weighted by Crippen LogP contribution is 1.99. The van der Waals surface area contributed by atoms with Crippen LogP contribution < -0.4 is 11.1 Å². The monoisotopic (exact) mass is 200 g/mol. The van der Waals surface area contributed by atoms with Crippen molar-refractivity contribution in [2.75, 3.05) is 6.54 Å². The molecule has 0 heterocycles. The van der Waals surface area contributed by atoms with Crippen molar-refractivity contribution < 1.29 is 9.59 Å². The molecule has 0 unspecified atom stereocenters. The van der Waals surface area contributed by atoms with Gasteiger partial charge in [0.15, 0.2) is 0 Å². The Morgan fingerprint density at radius 3 is 2.43 bits per heavy atom. The molecule has 0 radical (unpaired) electrons. The summed E-state index contributed by atoms with van der Waals surface area (Å²) in [6.45, 7) is 4.49. The van der Waals surface area contributed by atoms with E-state index in [0.717, 1.165) is 19.3 Å². The molecule has 1 atom stereocenters. The SMILES string of the molecule is CCCC[C@@H](N)C(=O)C(=O)NCCC. The second-order valence-electron chi connectivity index (χ2n) is 3.37. The molecule has 0 aromatic carbocycles. The quantitative estimate of drug-likeness (QED) is 0.591.